The minimum Gasteiger partial charge on any atom is -0.484 e. The van der Waals surface area contributed by atoms with E-state index in [9.17, 15) is 18.8 Å². The van der Waals surface area contributed by atoms with Gasteiger partial charge in [0.25, 0.3) is 11.8 Å². The third-order valence-electron chi connectivity index (χ3n) is 4.18. The molecule has 0 unspecified atom stereocenters. The summed E-state index contributed by atoms with van der Waals surface area (Å²) in [5, 5.41) is 4.52. The molecule has 0 fully saturated rings. The van der Waals surface area contributed by atoms with Gasteiger partial charge in [-0.25, -0.2) is 4.39 Å². The number of nitrogens with one attached hydrogen (secondary N) is 3. The maximum Gasteiger partial charge on any atom is 0.276 e. The first-order chi connectivity index (χ1) is 14.5. The molecule has 30 heavy (non-hydrogen) atoms. The van der Waals surface area contributed by atoms with E-state index in [0.717, 1.165) is 22.4 Å². The molecule has 0 radical (unpaired) electrons. The molecule has 3 rings (SSSR count). The lowest BCUT2D eigenvalue weighted by Gasteiger charge is -2.10. The van der Waals surface area contributed by atoms with Gasteiger partial charge in [0.05, 0.1) is 13.0 Å². The van der Waals surface area contributed by atoms with Crippen molar-refractivity contribution >= 4 is 28.5 Å². The molecule has 3 aromatic carbocycles. The molecule has 0 spiro atoms. The van der Waals surface area contributed by atoms with Crippen LogP contribution in [0.3, 0.4) is 0 Å². The average molecular weight is 409 g/mol. The quantitative estimate of drug-likeness (QED) is 0.519. The van der Waals surface area contributed by atoms with Crippen LogP contribution in [0, 0.1) is 5.82 Å². The van der Waals surface area contributed by atoms with Crippen LogP contribution in [0.2, 0.25) is 0 Å². The number of rotatable bonds is 7. The van der Waals surface area contributed by atoms with Gasteiger partial charge in [-0.05, 0) is 28.5 Å². The zero-order chi connectivity index (χ0) is 21.3. The SMILES string of the molecule is O=C(Cc1cccc2ccccc12)NCC(=O)NNC(=O)COc1cccc(F)c1. The molecule has 0 saturated heterocycles. The Morgan fingerprint density at radius 1 is 0.833 bits per heavy atom. The van der Waals surface area contributed by atoms with Crippen LogP contribution >= 0.6 is 0 Å². The fraction of sp³-hybridized carbons (Fsp3) is 0.136. The van der Waals surface area contributed by atoms with E-state index in [2.05, 4.69) is 16.2 Å². The van der Waals surface area contributed by atoms with Gasteiger partial charge in [-0.1, -0.05) is 48.5 Å². The normalized spacial score (nSPS) is 10.3. The van der Waals surface area contributed by atoms with Crippen molar-refractivity contribution in [2.24, 2.45) is 0 Å². The molecule has 154 valence electrons. The van der Waals surface area contributed by atoms with Gasteiger partial charge in [0.2, 0.25) is 5.91 Å². The summed E-state index contributed by atoms with van der Waals surface area (Å²) in [6, 6.07) is 18.8. The molecule has 0 aliphatic carbocycles. The second-order valence-corrected chi connectivity index (χ2v) is 6.43. The first kappa shape index (κ1) is 20.8. The second kappa shape index (κ2) is 10.0. The van der Waals surface area contributed by atoms with Gasteiger partial charge in [0.15, 0.2) is 6.61 Å². The molecule has 0 aliphatic heterocycles. The van der Waals surface area contributed by atoms with Crippen LogP contribution < -0.4 is 20.9 Å². The van der Waals surface area contributed by atoms with E-state index in [4.69, 9.17) is 4.74 Å². The Balaban J connectivity index is 1.38. The first-order valence-corrected chi connectivity index (χ1v) is 9.20. The van der Waals surface area contributed by atoms with Crippen LogP contribution in [0.4, 0.5) is 4.39 Å². The van der Waals surface area contributed by atoms with Crippen molar-refractivity contribution in [1.82, 2.24) is 16.2 Å². The molecule has 3 amide bonds. The smallest absolute Gasteiger partial charge is 0.276 e. The number of amides is 3. The molecule has 0 atom stereocenters. The van der Waals surface area contributed by atoms with Gasteiger partial charge in [0, 0.05) is 6.07 Å². The first-order valence-electron chi connectivity index (χ1n) is 9.20. The third kappa shape index (κ3) is 6.03. The zero-order valence-electron chi connectivity index (χ0n) is 16.0. The van der Waals surface area contributed by atoms with Crippen molar-refractivity contribution in [3.63, 3.8) is 0 Å². The van der Waals surface area contributed by atoms with Crippen LogP contribution in [0.1, 0.15) is 5.56 Å². The summed E-state index contributed by atoms with van der Waals surface area (Å²) in [6.07, 6.45) is 0.127. The number of halogens is 1. The lowest BCUT2D eigenvalue weighted by atomic mass is 10.0. The number of fused-ring (bicyclic) bond motifs is 1. The Kier molecular flexibility index (Phi) is 6.94. The molecule has 0 aromatic heterocycles. The van der Waals surface area contributed by atoms with Crippen molar-refractivity contribution in [1.29, 1.82) is 0 Å². The van der Waals surface area contributed by atoms with E-state index in [0.29, 0.717) is 0 Å². The maximum atomic E-state index is 13.0. The highest BCUT2D eigenvalue weighted by Crippen LogP contribution is 2.18. The Morgan fingerprint density at radius 2 is 1.57 bits per heavy atom. The molecule has 0 bridgehead atoms. The Labute approximate surface area is 172 Å². The van der Waals surface area contributed by atoms with E-state index in [-0.39, 0.29) is 24.6 Å². The number of hydrogen-bond acceptors (Lipinski definition) is 4. The summed E-state index contributed by atoms with van der Waals surface area (Å²) in [4.78, 5) is 35.6. The van der Waals surface area contributed by atoms with Crippen molar-refractivity contribution in [3.05, 3.63) is 78.1 Å². The predicted molar refractivity (Wildman–Crippen MR) is 109 cm³/mol. The van der Waals surface area contributed by atoms with Gasteiger partial charge in [0.1, 0.15) is 11.6 Å². The predicted octanol–water partition coefficient (Wildman–Crippen LogP) is 1.86. The molecular formula is C22H20FN3O4. The van der Waals surface area contributed by atoms with Gasteiger partial charge in [-0.3, -0.25) is 25.2 Å². The second-order valence-electron chi connectivity index (χ2n) is 6.43. The van der Waals surface area contributed by atoms with Crippen molar-refractivity contribution in [3.8, 4) is 5.75 Å². The van der Waals surface area contributed by atoms with E-state index in [1.165, 1.54) is 18.2 Å². The van der Waals surface area contributed by atoms with Crippen LogP contribution in [0.15, 0.2) is 66.7 Å². The molecule has 8 heteroatoms. The zero-order valence-corrected chi connectivity index (χ0v) is 16.0. The van der Waals surface area contributed by atoms with E-state index < -0.39 is 24.2 Å². The standard InChI is InChI=1S/C22H20FN3O4/c23-17-8-4-9-18(12-17)30-14-22(29)26-25-21(28)13-24-20(27)11-16-7-3-6-15-5-1-2-10-19(15)16/h1-10,12H,11,13-14H2,(H,24,27)(H,25,28)(H,26,29). The molecule has 3 N–H and O–H groups in total. The summed E-state index contributed by atoms with van der Waals surface area (Å²) in [7, 11) is 0. The van der Waals surface area contributed by atoms with Gasteiger partial charge >= 0.3 is 0 Å². The van der Waals surface area contributed by atoms with Crippen LogP contribution in [-0.4, -0.2) is 30.9 Å². The number of benzene rings is 3. The fourth-order valence-corrected chi connectivity index (χ4v) is 2.79. The summed E-state index contributed by atoms with van der Waals surface area (Å²) in [5.41, 5.74) is 5.18. The Hall–Kier alpha value is -3.94. The summed E-state index contributed by atoms with van der Waals surface area (Å²) in [6.45, 7) is -0.703. The monoisotopic (exact) mass is 409 g/mol. The summed E-state index contributed by atoms with van der Waals surface area (Å²) >= 11 is 0. The molecule has 3 aromatic rings. The van der Waals surface area contributed by atoms with E-state index >= 15 is 0 Å². The highest BCUT2D eigenvalue weighted by molar-refractivity contribution is 5.92. The highest BCUT2D eigenvalue weighted by Gasteiger charge is 2.10. The van der Waals surface area contributed by atoms with E-state index in [1.807, 2.05) is 42.5 Å². The minimum absolute atomic E-state index is 0.127. The lowest BCUT2D eigenvalue weighted by Crippen LogP contribution is -2.47. The summed E-state index contributed by atoms with van der Waals surface area (Å²) < 4.78 is 18.1. The maximum absolute atomic E-state index is 13.0. The summed E-state index contributed by atoms with van der Waals surface area (Å²) in [5.74, 6) is -1.84. The van der Waals surface area contributed by atoms with Crippen LogP contribution in [0.5, 0.6) is 5.75 Å². The van der Waals surface area contributed by atoms with Gasteiger partial charge < -0.3 is 10.1 Å². The van der Waals surface area contributed by atoms with Crippen LogP contribution in [0.25, 0.3) is 10.8 Å². The number of carbonyl (C=O) groups is 3. The Bertz CT molecular complexity index is 1070. The number of hydrazine groups is 1. The number of ether oxygens (including phenoxy) is 1. The topological polar surface area (TPSA) is 96.5 Å². The third-order valence-corrected chi connectivity index (χ3v) is 4.18. The number of hydrogen-bond donors (Lipinski definition) is 3. The van der Waals surface area contributed by atoms with Crippen LogP contribution in [-0.2, 0) is 20.8 Å². The van der Waals surface area contributed by atoms with Gasteiger partial charge in [-0.15, -0.1) is 0 Å². The minimum atomic E-state index is -0.630. The molecule has 0 saturated carbocycles. The molecule has 0 aliphatic rings. The van der Waals surface area contributed by atoms with E-state index in [1.54, 1.807) is 0 Å². The highest BCUT2D eigenvalue weighted by atomic mass is 19.1. The van der Waals surface area contributed by atoms with Gasteiger partial charge in [-0.2, -0.15) is 0 Å². The number of carbonyl (C=O) groups excluding carboxylic acids is 3. The fourth-order valence-electron chi connectivity index (χ4n) is 2.79. The van der Waals surface area contributed by atoms with Crippen molar-refractivity contribution in [2.45, 2.75) is 6.42 Å². The van der Waals surface area contributed by atoms with Crippen molar-refractivity contribution < 1.29 is 23.5 Å². The largest absolute Gasteiger partial charge is 0.484 e. The molecule has 0 heterocycles. The average Bonchev–Trinajstić information content (AvgIpc) is 2.75. The Morgan fingerprint density at radius 3 is 2.40 bits per heavy atom. The molecular weight excluding hydrogens is 389 g/mol. The molecule has 7 nitrogen and oxygen atoms in total. The van der Waals surface area contributed by atoms with Crippen molar-refractivity contribution in [2.75, 3.05) is 13.2 Å². The lowest BCUT2D eigenvalue weighted by molar-refractivity contribution is -0.130.